The molecule has 1 aliphatic rings. The summed E-state index contributed by atoms with van der Waals surface area (Å²) in [6, 6.07) is 4.34. The van der Waals surface area contributed by atoms with Crippen molar-refractivity contribution in [2.75, 3.05) is 20.2 Å². The number of hydrogen-bond acceptors (Lipinski definition) is 2. The lowest BCUT2D eigenvalue weighted by Gasteiger charge is -2.26. The Morgan fingerprint density at radius 3 is 2.82 bits per heavy atom. The first-order valence-electron chi connectivity index (χ1n) is 5.89. The van der Waals surface area contributed by atoms with Crippen LogP contribution in [0.15, 0.2) is 18.2 Å². The van der Waals surface area contributed by atoms with Gasteiger partial charge in [-0.05, 0) is 24.6 Å². The van der Waals surface area contributed by atoms with Crippen molar-refractivity contribution in [3.63, 3.8) is 0 Å². The maximum Gasteiger partial charge on any atom is 0.162 e. The first kappa shape index (κ1) is 12.5. The van der Waals surface area contributed by atoms with Gasteiger partial charge in [0.2, 0.25) is 0 Å². The summed E-state index contributed by atoms with van der Waals surface area (Å²) in [5, 5.41) is 0. The Bertz CT molecular complexity index is 397. The lowest BCUT2D eigenvalue weighted by Crippen LogP contribution is -2.33. The van der Waals surface area contributed by atoms with Gasteiger partial charge in [0.15, 0.2) is 11.6 Å². The molecule has 0 bridgehead atoms. The minimum atomic E-state index is -0.785. The number of methoxy groups -OCH3 is 1. The highest BCUT2D eigenvalue weighted by molar-refractivity contribution is 5.25. The molecule has 1 aromatic rings. The molecule has 0 radical (unpaired) electrons. The van der Waals surface area contributed by atoms with Crippen LogP contribution in [0.4, 0.5) is 8.78 Å². The van der Waals surface area contributed by atoms with Crippen molar-refractivity contribution in [1.29, 1.82) is 0 Å². The van der Waals surface area contributed by atoms with E-state index in [-0.39, 0.29) is 12.1 Å². The summed E-state index contributed by atoms with van der Waals surface area (Å²) in [7, 11) is 1.61. The third kappa shape index (κ3) is 2.19. The molecule has 0 amide bonds. The summed E-state index contributed by atoms with van der Waals surface area (Å²) in [4.78, 5) is 2.13. The molecule has 4 heteroatoms. The molecule has 0 spiro atoms. The Kier molecular flexibility index (Phi) is 3.74. The molecule has 1 aromatic carbocycles. The summed E-state index contributed by atoms with van der Waals surface area (Å²) in [5.74, 6) is -1.61. The molecular formula is C13H17F2NO. The molecule has 0 aliphatic carbocycles. The third-order valence-electron chi connectivity index (χ3n) is 3.46. The van der Waals surface area contributed by atoms with E-state index in [1.54, 1.807) is 19.2 Å². The highest BCUT2D eigenvalue weighted by Crippen LogP contribution is 2.35. The molecule has 0 aromatic heterocycles. The number of hydrogen-bond donors (Lipinski definition) is 0. The molecule has 2 nitrogen and oxygen atoms in total. The van der Waals surface area contributed by atoms with E-state index in [0.717, 1.165) is 25.6 Å². The van der Waals surface area contributed by atoms with Crippen LogP contribution >= 0.6 is 0 Å². The molecule has 2 atom stereocenters. The predicted octanol–water partition coefficient (Wildman–Crippen LogP) is 2.75. The molecule has 2 rings (SSSR count). The van der Waals surface area contributed by atoms with Crippen LogP contribution in [0.1, 0.15) is 24.8 Å². The number of benzene rings is 1. The van der Waals surface area contributed by atoms with Gasteiger partial charge in [0.05, 0.1) is 0 Å². The molecular weight excluding hydrogens is 224 g/mol. The maximum absolute atomic E-state index is 13.7. The first-order chi connectivity index (χ1) is 8.19. The fourth-order valence-electron chi connectivity index (χ4n) is 2.60. The highest BCUT2D eigenvalue weighted by Gasteiger charge is 2.36. The van der Waals surface area contributed by atoms with Crippen molar-refractivity contribution in [2.45, 2.75) is 25.5 Å². The average molecular weight is 241 g/mol. The van der Waals surface area contributed by atoms with Crippen LogP contribution in [0.25, 0.3) is 0 Å². The first-order valence-corrected chi connectivity index (χ1v) is 5.89. The number of rotatable bonds is 3. The Morgan fingerprint density at radius 2 is 2.18 bits per heavy atom. The second-order valence-corrected chi connectivity index (χ2v) is 4.29. The summed E-state index contributed by atoms with van der Waals surface area (Å²) in [5.41, 5.74) is 0.424. The average Bonchev–Trinajstić information content (AvgIpc) is 2.75. The quantitative estimate of drug-likeness (QED) is 0.806. The zero-order valence-corrected chi connectivity index (χ0v) is 10.1. The Balaban J connectivity index is 2.31. The van der Waals surface area contributed by atoms with Gasteiger partial charge in [0.1, 0.15) is 6.23 Å². The smallest absolute Gasteiger partial charge is 0.162 e. The Morgan fingerprint density at radius 1 is 1.41 bits per heavy atom. The lowest BCUT2D eigenvalue weighted by atomic mass is 9.96. The zero-order chi connectivity index (χ0) is 12.4. The summed E-state index contributed by atoms with van der Waals surface area (Å²) >= 11 is 0. The van der Waals surface area contributed by atoms with Crippen LogP contribution in [-0.4, -0.2) is 31.3 Å². The predicted molar refractivity (Wildman–Crippen MR) is 61.8 cm³/mol. The zero-order valence-electron chi connectivity index (χ0n) is 10.1. The molecule has 1 fully saturated rings. The largest absolute Gasteiger partial charge is 0.366 e. The fraction of sp³-hybridized carbons (Fsp3) is 0.538. The van der Waals surface area contributed by atoms with Crippen molar-refractivity contribution in [3.8, 4) is 0 Å². The van der Waals surface area contributed by atoms with Crippen molar-refractivity contribution < 1.29 is 13.5 Å². The van der Waals surface area contributed by atoms with Crippen molar-refractivity contribution >= 4 is 0 Å². The number of likely N-dealkylation sites (tertiary alicyclic amines) is 1. The molecule has 17 heavy (non-hydrogen) atoms. The van der Waals surface area contributed by atoms with Gasteiger partial charge in [-0.15, -0.1) is 0 Å². The van der Waals surface area contributed by atoms with Crippen LogP contribution in [0.2, 0.25) is 0 Å². The number of halogens is 2. The topological polar surface area (TPSA) is 12.5 Å². The molecule has 1 saturated heterocycles. The van der Waals surface area contributed by atoms with E-state index in [9.17, 15) is 8.78 Å². The third-order valence-corrected chi connectivity index (χ3v) is 3.46. The van der Waals surface area contributed by atoms with Gasteiger partial charge >= 0.3 is 0 Å². The fourth-order valence-corrected chi connectivity index (χ4v) is 2.60. The molecule has 0 N–H and O–H groups in total. The summed E-state index contributed by atoms with van der Waals surface area (Å²) in [6.07, 6.45) is 0.642. The van der Waals surface area contributed by atoms with Crippen molar-refractivity contribution in [1.82, 2.24) is 4.90 Å². The standard InChI is InChI=1S/C13H17F2NO/c1-3-16-8-7-10(13(16)17-2)9-5-4-6-11(14)12(9)15/h4-6,10,13H,3,7-8H2,1-2H3/t10?,13-/m0/s1. The van der Waals surface area contributed by atoms with Gasteiger partial charge in [-0.3, -0.25) is 4.90 Å². The number of likely N-dealkylation sites (N-methyl/N-ethyl adjacent to an activating group) is 1. The van der Waals surface area contributed by atoms with E-state index in [1.807, 2.05) is 6.92 Å². The van der Waals surface area contributed by atoms with Gasteiger partial charge in [0.25, 0.3) is 0 Å². The molecule has 1 unspecified atom stereocenters. The van der Waals surface area contributed by atoms with Crippen molar-refractivity contribution in [3.05, 3.63) is 35.4 Å². The van der Waals surface area contributed by atoms with E-state index in [0.29, 0.717) is 5.56 Å². The highest BCUT2D eigenvalue weighted by atomic mass is 19.2. The lowest BCUT2D eigenvalue weighted by molar-refractivity contribution is -0.0119. The van der Waals surface area contributed by atoms with E-state index >= 15 is 0 Å². The molecule has 94 valence electrons. The molecule has 0 saturated carbocycles. The van der Waals surface area contributed by atoms with E-state index in [2.05, 4.69) is 4.90 Å². The number of nitrogens with zero attached hydrogens (tertiary/aromatic N) is 1. The van der Waals surface area contributed by atoms with Crippen molar-refractivity contribution in [2.24, 2.45) is 0 Å². The van der Waals surface area contributed by atoms with Crippen LogP contribution in [0.5, 0.6) is 0 Å². The SMILES string of the molecule is CCN1CCC(c2cccc(F)c2F)[C@@H]1OC. The van der Waals surface area contributed by atoms with Gasteiger partial charge < -0.3 is 4.74 Å². The second-order valence-electron chi connectivity index (χ2n) is 4.29. The van der Waals surface area contributed by atoms with E-state index in [4.69, 9.17) is 4.74 Å². The maximum atomic E-state index is 13.7. The van der Waals surface area contributed by atoms with E-state index in [1.165, 1.54) is 0 Å². The molecule has 1 heterocycles. The normalized spacial score (nSPS) is 25.4. The van der Waals surface area contributed by atoms with Gasteiger partial charge in [0, 0.05) is 19.6 Å². The minimum Gasteiger partial charge on any atom is -0.366 e. The van der Waals surface area contributed by atoms with E-state index < -0.39 is 11.6 Å². The minimum absolute atomic E-state index is 0.0874. The summed E-state index contributed by atoms with van der Waals surface area (Å²) in [6.45, 7) is 3.75. The number of ether oxygens (including phenoxy) is 1. The van der Waals surface area contributed by atoms with Crippen LogP contribution in [0.3, 0.4) is 0 Å². The Hall–Kier alpha value is -1.00. The second kappa shape index (κ2) is 5.10. The molecule has 1 aliphatic heterocycles. The summed E-state index contributed by atoms with van der Waals surface area (Å²) < 4.78 is 32.4. The monoisotopic (exact) mass is 241 g/mol. The van der Waals surface area contributed by atoms with Crippen LogP contribution < -0.4 is 0 Å². The van der Waals surface area contributed by atoms with Gasteiger partial charge in [-0.25, -0.2) is 8.78 Å². The van der Waals surface area contributed by atoms with Gasteiger partial charge in [-0.2, -0.15) is 0 Å². The van der Waals surface area contributed by atoms with Crippen LogP contribution in [-0.2, 0) is 4.74 Å². The van der Waals surface area contributed by atoms with Crippen LogP contribution in [0, 0.1) is 11.6 Å². The van der Waals surface area contributed by atoms with Gasteiger partial charge in [-0.1, -0.05) is 19.1 Å². The Labute approximate surface area is 100 Å².